The van der Waals surface area contributed by atoms with Crippen molar-refractivity contribution >= 4 is 23.2 Å². The molecule has 1 fully saturated rings. The standard InChI is InChI=1S/C15H22N2O2S/c1-11(13-8-5-9-20-13)17-14(18)10-16-15(19)12-6-3-2-4-7-12/h5,8-9,11-12H,2-4,6-7,10H2,1H3,(H,16,19)(H,17,18). The molecule has 4 nitrogen and oxygen atoms in total. The molecule has 0 aliphatic heterocycles. The molecule has 0 radical (unpaired) electrons. The number of amides is 2. The van der Waals surface area contributed by atoms with E-state index < -0.39 is 0 Å². The normalized spacial score (nSPS) is 17.4. The molecule has 0 bridgehead atoms. The Morgan fingerprint density at radius 2 is 2.10 bits per heavy atom. The predicted molar refractivity (Wildman–Crippen MR) is 80.5 cm³/mol. The van der Waals surface area contributed by atoms with Crippen LogP contribution in [0.3, 0.4) is 0 Å². The Hall–Kier alpha value is -1.36. The molecule has 1 aromatic rings. The molecule has 1 atom stereocenters. The van der Waals surface area contributed by atoms with Gasteiger partial charge < -0.3 is 10.6 Å². The Balaban J connectivity index is 1.70. The van der Waals surface area contributed by atoms with Gasteiger partial charge >= 0.3 is 0 Å². The smallest absolute Gasteiger partial charge is 0.239 e. The molecule has 0 spiro atoms. The molecule has 1 saturated carbocycles. The number of rotatable bonds is 5. The Kier molecular flexibility index (Phi) is 5.59. The van der Waals surface area contributed by atoms with Gasteiger partial charge in [0.2, 0.25) is 11.8 Å². The molecule has 2 N–H and O–H groups in total. The fraction of sp³-hybridized carbons (Fsp3) is 0.600. The number of hydrogen-bond donors (Lipinski definition) is 2. The summed E-state index contributed by atoms with van der Waals surface area (Å²) >= 11 is 1.62. The van der Waals surface area contributed by atoms with Crippen molar-refractivity contribution < 1.29 is 9.59 Å². The highest BCUT2D eigenvalue weighted by atomic mass is 32.1. The first-order valence-corrected chi connectivity index (χ1v) is 8.15. The van der Waals surface area contributed by atoms with Crippen molar-refractivity contribution in [2.24, 2.45) is 5.92 Å². The molecule has 0 saturated heterocycles. The maximum absolute atomic E-state index is 11.9. The third-order valence-corrected chi connectivity index (χ3v) is 4.80. The summed E-state index contributed by atoms with van der Waals surface area (Å²) in [5.41, 5.74) is 0. The molecule has 0 aromatic carbocycles. The van der Waals surface area contributed by atoms with Crippen LogP contribution in [0.15, 0.2) is 17.5 Å². The Morgan fingerprint density at radius 1 is 1.35 bits per heavy atom. The van der Waals surface area contributed by atoms with E-state index in [1.165, 1.54) is 6.42 Å². The van der Waals surface area contributed by atoms with Crippen LogP contribution in [0.5, 0.6) is 0 Å². The Labute approximate surface area is 124 Å². The quantitative estimate of drug-likeness (QED) is 0.877. The van der Waals surface area contributed by atoms with Crippen molar-refractivity contribution in [3.05, 3.63) is 22.4 Å². The van der Waals surface area contributed by atoms with Crippen LogP contribution in [0.2, 0.25) is 0 Å². The van der Waals surface area contributed by atoms with E-state index in [0.717, 1.165) is 30.6 Å². The number of hydrogen-bond acceptors (Lipinski definition) is 3. The summed E-state index contributed by atoms with van der Waals surface area (Å²) < 4.78 is 0. The summed E-state index contributed by atoms with van der Waals surface area (Å²) in [4.78, 5) is 24.9. The van der Waals surface area contributed by atoms with E-state index in [-0.39, 0.29) is 30.3 Å². The second kappa shape index (κ2) is 7.43. The van der Waals surface area contributed by atoms with Crippen molar-refractivity contribution in [2.75, 3.05) is 6.54 Å². The van der Waals surface area contributed by atoms with Gasteiger partial charge in [-0.3, -0.25) is 9.59 Å². The molecular formula is C15H22N2O2S. The summed E-state index contributed by atoms with van der Waals surface area (Å²) in [6.07, 6.45) is 5.39. The second-order valence-electron chi connectivity index (χ2n) is 5.36. The fourth-order valence-corrected chi connectivity index (χ4v) is 3.31. The number of carbonyl (C=O) groups excluding carboxylic acids is 2. The van der Waals surface area contributed by atoms with E-state index >= 15 is 0 Å². The molecule has 1 aliphatic carbocycles. The van der Waals surface area contributed by atoms with Gasteiger partial charge in [-0.05, 0) is 31.2 Å². The Morgan fingerprint density at radius 3 is 2.75 bits per heavy atom. The first-order chi connectivity index (χ1) is 9.66. The maximum atomic E-state index is 11.9. The van der Waals surface area contributed by atoms with Gasteiger partial charge in [0.25, 0.3) is 0 Å². The third kappa shape index (κ3) is 4.34. The summed E-state index contributed by atoms with van der Waals surface area (Å²) in [5, 5.41) is 7.64. The lowest BCUT2D eigenvalue weighted by Gasteiger charge is -2.20. The van der Waals surface area contributed by atoms with E-state index in [0.29, 0.717) is 0 Å². The lowest BCUT2D eigenvalue weighted by Crippen LogP contribution is -2.40. The second-order valence-corrected chi connectivity index (χ2v) is 6.34. The molecule has 110 valence electrons. The first kappa shape index (κ1) is 15.0. The van der Waals surface area contributed by atoms with Crippen LogP contribution in [0, 0.1) is 5.92 Å². The van der Waals surface area contributed by atoms with Crippen molar-refractivity contribution in [1.82, 2.24) is 10.6 Å². The van der Waals surface area contributed by atoms with E-state index in [9.17, 15) is 9.59 Å². The van der Waals surface area contributed by atoms with Crippen molar-refractivity contribution in [3.63, 3.8) is 0 Å². The highest BCUT2D eigenvalue weighted by Crippen LogP contribution is 2.23. The lowest BCUT2D eigenvalue weighted by atomic mass is 9.89. The molecule has 2 rings (SSSR count). The number of carbonyl (C=O) groups is 2. The molecule has 20 heavy (non-hydrogen) atoms. The molecule has 2 amide bonds. The van der Waals surface area contributed by atoms with Gasteiger partial charge in [0, 0.05) is 10.8 Å². The Bertz CT molecular complexity index is 439. The van der Waals surface area contributed by atoms with Gasteiger partial charge in [0.05, 0.1) is 12.6 Å². The zero-order valence-corrected chi connectivity index (χ0v) is 12.7. The van der Waals surface area contributed by atoms with Gasteiger partial charge in [0.1, 0.15) is 0 Å². The van der Waals surface area contributed by atoms with E-state index in [1.54, 1.807) is 11.3 Å². The average molecular weight is 294 g/mol. The average Bonchev–Trinajstić information content (AvgIpc) is 3.00. The zero-order valence-electron chi connectivity index (χ0n) is 11.9. The van der Waals surface area contributed by atoms with E-state index in [2.05, 4.69) is 10.6 Å². The number of thiophene rings is 1. The highest BCUT2D eigenvalue weighted by Gasteiger charge is 2.21. The summed E-state index contributed by atoms with van der Waals surface area (Å²) in [6, 6.07) is 3.96. The molecule has 1 heterocycles. The van der Waals surface area contributed by atoms with Crippen LogP contribution in [-0.4, -0.2) is 18.4 Å². The van der Waals surface area contributed by atoms with Crippen LogP contribution >= 0.6 is 11.3 Å². The van der Waals surface area contributed by atoms with Crippen molar-refractivity contribution in [3.8, 4) is 0 Å². The molecule has 5 heteroatoms. The first-order valence-electron chi connectivity index (χ1n) is 7.27. The van der Waals surface area contributed by atoms with Gasteiger partial charge in [-0.25, -0.2) is 0 Å². The van der Waals surface area contributed by atoms with Crippen LogP contribution in [0.1, 0.15) is 49.9 Å². The summed E-state index contributed by atoms with van der Waals surface area (Å²) in [5.74, 6) is 0.00459. The topological polar surface area (TPSA) is 58.2 Å². The van der Waals surface area contributed by atoms with Crippen LogP contribution in [0.25, 0.3) is 0 Å². The summed E-state index contributed by atoms with van der Waals surface area (Å²) in [7, 11) is 0. The van der Waals surface area contributed by atoms with E-state index in [4.69, 9.17) is 0 Å². The van der Waals surface area contributed by atoms with Gasteiger partial charge in [0.15, 0.2) is 0 Å². The van der Waals surface area contributed by atoms with Crippen molar-refractivity contribution in [1.29, 1.82) is 0 Å². The maximum Gasteiger partial charge on any atom is 0.239 e. The minimum atomic E-state index is -0.130. The third-order valence-electron chi connectivity index (χ3n) is 3.75. The minimum absolute atomic E-state index is 0.00548. The minimum Gasteiger partial charge on any atom is -0.347 e. The highest BCUT2D eigenvalue weighted by molar-refractivity contribution is 7.10. The molecule has 1 aliphatic rings. The van der Waals surface area contributed by atoms with Gasteiger partial charge in [-0.15, -0.1) is 11.3 Å². The molecule has 1 unspecified atom stereocenters. The molecule has 1 aromatic heterocycles. The SMILES string of the molecule is CC(NC(=O)CNC(=O)C1CCCCC1)c1cccs1. The summed E-state index contributed by atoms with van der Waals surface area (Å²) in [6.45, 7) is 2.03. The van der Waals surface area contributed by atoms with Crippen LogP contribution < -0.4 is 10.6 Å². The monoisotopic (exact) mass is 294 g/mol. The largest absolute Gasteiger partial charge is 0.347 e. The van der Waals surface area contributed by atoms with Gasteiger partial charge in [-0.2, -0.15) is 0 Å². The lowest BCUT2D eigenvalue weighted by molar-refractivity contribution is -0.129. The fourth-order valence-electron chi connectivity index (χ4n) is 2.58. The molecular weight excluding hydrogens is 272 g/mol. The van der Waals surface area contributed by atoms with Crippen LogP contribution in [-0.2, 0) is 9.59 Å². The zero-order chi connectivity index (χ0) is 14.4. The number of nitrogens with one attached hydrogen (secondary N) is 2. The predicted octanol–water partition coefficient (Wildman–Crippen LogP) is 2.62. The van der Waals surface area contributed by atoms with E-state index in [1.807, 2.05) is 24.4 Å². The van der Waals surface area contributed by atoms with Gasteiger partial charge in [-0.1, -0.05) is 25.3 Å². The van der Waals surface area contributed by atoms with Crippen LogP contribution in [0.4, 0.5) is 0 Å². The van der Waals surface area contributed by atoms with Crippen molar-refractivity contribution in [2.45, 2.75) is 45.1 Å².